The van der Waals surface area contributed by atoms with Gasteiger partial charge in [0.2, 0.25) is 0 Å². The van der Waals surface area contributed by atoms with E-state index in [1.54, 1.807) is 0 Å². The van der Waals surface area contributed by atoms with Crippen molar-refractivity contribution in [3.63, 3.8) is 0 Å². The van der Waals surface area contributed by atoms with E-state index in [4.69, 9.17) is 0 Å². The highest BCUT2D eigenvalue weighted by Crippen LogP contribution is 2.45. The molecular weight excluding hydrogens is 496 g/mol. The molecule has 0 bridgehead atoms. The number of benzene rings is 2. The highest BCUT2D eigenvalue weighted by Gasteiger charge is 2.49. The Morgan fingerprint density at radius 1 is 0.512 bits per heavy atom. The van der Waals surface area contributed by atoms with Crippen molar-refractivity contribution < 1.29 is 0 Å². The summed E-state index contributed by atoms with van der Waals surface area (Å²) in [4.78, 5) is 5.53. The largest absolute Gasteiger partial charge is 0.353 e. The van der Waals surface area contributed by atoms with E-state index in [0.29, 0.717) is 5.92 Å². The van der Waals surface area contributed by atoms with Crippen LogP contribution in [0.15, 0.2) is 73.1 Å². The molecule has 0 spiro atoms. The highest BCUT2D eigenvalue weighted by molar-refractivity contribution is 5.30. The van der Waals surface area contributed by atoms with Crippen molar-refractivity contribution in [3.8, 4) is 0 Å². The van der Waals surface area contributed by atoms with Crippen LogP contribution in [0.4, 0.5) is 0 Å². The summed E-state index contributed by atoms with van der Waals surface area (Å²) in [6.07, 6.45) is 29.0. The van der Waals surface area contributed by atoms with Crippen molar-refractivity contribution in [1.82, 2.24) is 9.80 Å². The number of hydrogen-bond acceptors (Lipinski definition) is 2. The van der Waals surface area contributed by atoms with Crippen LogP contribution in [-0.4, -0.2) is 28.6 Å². The first-order valence-corrected chi connectivity index (χ1v) is 17.6. The monoisotopic (exact) mass is 558 g/mol. The van der Waals surface area contributed by atoms with Crippen LogP contribution in [0, 0.1) is 0 Å². The Labute approximate surface area is 254 Å². The van der Waals surface area contributed by atoms with Gasteiger partial charge in [-0.3, -0.25) is 0 Å². The highest BCUT2D eigenvalue weighted by atomic mass is 15.4. The second kappa shape index (κ2) is 19.8. The number of nitrogens with zero attached hydrogens (tertiary/aromatic N) is 2. The Balaban J connectivity index is 1.76. The molecule has 0 saturated heterocycles. The molecule has 0 fully saturated rings. The molecule has 2 heteroatoms. The molecule has 1 aliphatic heterocycles. The summed E-state index contributed by atoms with van der Waals surface area (Å²) in [6.45, 7) is 9.32. The van der Waals surface area contributed by atoms with E-state index < -0.39 is 0 Å². The molecule has 2 aromatic rings. The lowest BCUT2D eigenvalue weighted by atomic mass is 9.78. The zero-order valence-electron chi connectivity index (χ0n) is 27.0. The van der Waals surface area contributed by atoms with Crippen molar-refractivity contribution >= 4 is 0 Å². The first-order valence-electron chi connectivity index (χ1n) is 17.6. The summed E-state index contributed by atoms with van der Waals surface area (Å²) < 4.78 is 0. The summed E-state index contributed by atoms with van der Waals surface area (Å²) >= 11 is 0. The van der Waals surface area contributed by atoms with E-state index in [9.17, 15) is 0 Å². The SMILES string of the molecule is CCCCCCCCCCN1C=CN(CCCCCCCCCC)C1(Cc1ccccc1)C(CC)c1ccccc1. The predicted octanol–water partition coefficient (Wildman–Crippen LogP) is 11.5. The molecule has 0 N–H and O–H groups in total. The van der Waals surface area contributed by atoms with Crippen LogP contribution in [0.2, 0.25) is 0 Å². The molecule has 3 rings (SSSR count). The number of unbranched alkanes of at least 4 members (excludes halogenated alkanes) is 14. The summed E-state index contributed by atoms with van der Waals surface area (Å²) in [5, 5.41) is 0. The lowest BCUT2D eigenvalue weighted by Crippen LogP contribution is -2.59. The fraction of sp³-hybridized carbons (Fsp3) is 0.641. The van der Waals surface area contributed by atoms with Crippen LogP contribution in [0.3, 0.4) is 0 Å². The van der Waals surface area contributed by atoms with Gasteiger partial charge in [-0.15, -0.1) is 0 Å². The molecule has 1 aliphatic rings. The standard InChI is InChI=1S/C39H62N2/c1-4-7-9-11-13-15-17-25-31-40-33-34-41(32-26-18-16-14-12-10-8-5-2)39(40,35-36-27-21-19-22-28-36)38(6-3)37-29-23-20-24-30-37/h19-24,27-30,33-34,38H,4-18,25-26,31-32,35H2,1-3H3. The molecule has 1 heterocycles. The van der Waals surface area contributed by atoms with E-state index >= 15 is 0 Å². The molecule has 0 amide bonds. The van der Waals surface area contributed by atoms with Gasteiger partial charge >= 0.3 is 0 Å². The maximum atomic E-state index is 2.77. The van der Waals surface area contributed by atoms with E-state index in [1.807, 2.05) is 0 Å². The molecule has 0 aromatic heterocycles. The third kappa shape index (κ3) is 10.5. The first-order chi connectivity index (χ1) is 20.3. The van der Waals surface area contributed by atoms with E-state index in [0.717, 1.165) is 25.9 Å². The van der Waals surface area contributed by atoms with Crippen LogP contribution in [0.25, 0.3) is 0 Å². The summed E-state index contributed by atoms with van der Waals surface area (Å²) in [7, 11) is 0. The average molecular weight is 559 g/mol. The molecule has 2 nitrogen and oxygen atoms in total. The van der Waals surface area contributed by atoms with Crippen LogP contribution in [-0.2, 0) is 6.42 Å². The van der Waals surface area contributed by atoms with Gasteiger partial charge in [0.1, 0.15) is 5.66 Å². The zero-order chi connectivity index (χ0) is 29.0. The lowest BCUT2D eigenvalue weighted by Gasteiger charge is -2.51. The Hall–Kier alpha value is -2.22. The quantitative estimate of drug-likeness (QED) is 0.125. The van der Waals surface area contributed by atoms with Gasteiger partial charge < -0.3 is 9.80 Å². The fourth-order valence-electron chi connectivity index (χ4n) is 7.09. The molecule has 1 unspecified atom stereocenters. The average Bonchev–Trinajstić information content (AvgIpc) is 3.34. The third-order valence-electron chi connectivity index (χ3n) is 9.40. The van der Waals surface area contributed by atoms with Gasteiger partial charge in [0, 0.05) is 37.8 Å². The summed E-state index contributed by atoms with van der Waals surface area (Å²) in [6, 6.07) is 22.7. The van der Waals surface area contributed by atoms with Gasteiger partial charge in [0.05, 0.1) is 0 Å². The molecule has 2 aromatic carbocycles. The van der Waals surface area contributed by atoms with Crippen molar-refractivity contribution in [2.24, 2.45) is 0 Å². The molecule has 0 saturated carbocycles. The molecule has 0 radical (unpaired) electrons. The van der Waals surface area contributed by atoms with Crippen LogP contribution >= 0.6 is 0 Å². The van der Waals surface area contributed by atoms with Crippen molar-refractivity contribution in [3.05, 3.63) is 84.2 Å². The van der Waals surface area contributed by atoms with Gasteiger partial charge in [-0.2, -0.15) is 0 Å². The van der Waals surface area contributed by atoms with Gasteiger partial charge in [-0.25, -0.2) is 0 Å². The second-order valence-electron chi connectivity index (χ2n) is 12.5. The van der Waals surface area contributed by atoms with Gasteiger partial charge in [-0.1, -0.05) is 171 Å². The van der Waals surface area contributed by atoms with Gasteiger partial charge in [0.25, 0.3) is 0 Å². The minimum Gasteiger partial charge on any atom is -0.353 e. The zero-order valence-corrected chi connectivity index (χ0v) is 27.0. The summed E-state index contributed by atoms with van der Waals surface area (Å²) in [5.74, 6) is 0.446. The molecule has 228 valence electrons. The number of hydrogen-bond donors (Lipinski definition) is 0. The Morgan fingerprint density at radius 3 is 1.37 bits per heavy atom. The van der Waals surface area contributed by atoms with Crippen molar-refractivity contribution in [1.29, 1.82) is 0 Å². The van der Waals surface area contributed by atoms with E-state index in [-0.39, 0.29) is 5.66 Å². The van der Waals surface area contributed by atoms with E-state index in [2.05, 4.69) is 104 Å². The Morgan fingerprint density at radius 2 is 0.927 bits per heavy atom. The topological polar surface area (TPSA) is 6.48 Å². The maximum Gasteiger partial charge on any atom is 0.123 e. The van der Waals surface area contributed by atoms with Gasteiger partial charge in [0.15, 0.2) is 0 Å². The minimum absolute atomic E-state index is 0.0558. The first kappa shape index (κ1) is 33.3. The molecule has 1 atom stereocenters. The molecule has 0 aliphatic carbocycles. The van der Waals surface area contributed by atoms with Crippen LogP contribution in [0.5, 0.6) is 0 Å². The Kier molecular flexibility index (Phi) is 16.1. The second-order valence-corrected chi connectivity index (χ2v) is 12.5. The lowest BCUT2D eigenvalue weighted by molar-refractivity contribution is -0.00378. The fourth-order valence-corrected chi connectivity index (χ4v) is 7.09. The van der Waals surface area contributed by atoms with Gasteiger partial charge in [-0.05, 0) is 30.4 Å². The summed E-state index contributed by atoms with van der Waals surface area (Å²) in [5.41, 5.74) is 2.88. The third-order valence-corrected chi connectivity index (χ3v) is 9.40. The number of rotatable bonds is 23. The van der Waals surface area contributed by atoms with Crippen LogP contribution < -0.4 is 0 Å². The minimum atomic E-state index is -0.0558. The predicted molar refractivity (Wildman–Crippen MR) is 180 cm³/mol. The molecular formula is C39H62N2. The maximum absolute atomic E-state index is 2.77. The smallest absolute Gasteiger partial charge is 0.123 e. The van der Waals surface area contributed by atoms with Crippen molar-refractivity contribution in [2.45, 2.75) is 148 Å². The Bertz CT molecular complexity index is 891. The molecule has 41 heavy (non-hydrogen) atoms. The van der Waals surface area contributed by atoms with E-state index in [1.165, 1.54) is 114 Å². The normalized spacial score (nSPS) is 15.1. The van der Waals surface area contributed by atoms with Crippen molar-refractivity contribution in [2.75, 3.05) is 13.1 Å². The van der Waals surface area contributed by atoms with Crippen LogP contribution in [0.1, 0.15) is 147 Å².